The minimum absolute atomic E-state index is 0.00821. The van der Waals surface area contributed by atoms with Gasteiger partial charge in [-0.25, -0.2) is 4.98 Å². The Labute approximate surface area is 118 Å². The van der Waals surface area contributed by atoms with Crippen molar-refractivity contribution >= 4 is 0 Å². The fraction of sp³-hybridized carbons (Fsp3) is 0.375. The van der Waals surface area contributed by atoms with Crippen LogP contribution in [-0.2, 0) is 13.0 Å². The van der Waals surface area contributed by atoms with Crippen LogP contribution in [0.25, 0.3) is 0 Å². The number of hydrogen-bond acceptors (Lipinski definition) is 3. The van der Waals surface area contributed by atoms with Crippen molar-refractivity contribution in [2.75, 3.05) is 0 Å². The number of nitrogens with one attached hydrogen (secondary N) is 1. The van der Waals surface area contributed by atoms with Gasteiger partial charge in [-0.05, 0) is 25.8 Å². The van der Waals surface area contributed by atoms with Crippen LogP contribution in [0.4, 0.5) is 0 Å². The topological polar surface area (TPSA) is 49.0 Å². The SMILES string of the molecule is C[C@@H]1Cc2c(nc[nH]c2=O)CN1[C@@H](C)c1ccccc1. The van der Waals surface area contributed by atoms with Crippen LogP contribution >= 0.6 is 0 Å². The minimum Gasteiger partial charge on any atom is -0.313 e. The summed E-state index contributed by atoms with van der Waals surface area (Å²) in [6.45, 7) is 5.12. The van der Waals surface area contributed by atoms with E-state index in [1.165, 1.54) is 11.9 Å². The Hall–Kier alpha value is -1.94. The molecule has 104 valence electrons. The number of hydrogen-bond donors (Lipinski definition) is 1. The summed E-state index contributed by atoms with van der Waals surface area (Å²) < 4.78 is 0. The maximum Gasteiger partial charge on any atom is 0.254 e. The maximum absolute atomic E-state index is 11.8. The highest BCUT2D eigenvalue weighted by Crippen LogP contribution is 2.28. The van der Waals surface area contributed by atoms with Crippen molar-refractivity contribution < 1.29 is 0 Å². The molecule has 0 amide bonds. The van der Waals surface area contributed by atoms with E-state index in [1.807, 2.05) is 6.07 Å². The monoisotopic (exact) mass is 269 g/mol. The highest BCUT2D eigenvalue weighted by molar-refractivity contribution is 5.23. The summed E-state index contributed by atoms with van der Waals surface area (Å²) in [6, 6.07) is 11.1. The molecule has 0 unspecified atom stereocenters. The van der Waals surface area contributed by atoms with E-state index in [9.17, 15) is 4.79 Å². The van der Waals surface area contributed by atoms with Crippen LogP contribution in [0.5, 0.6) is 0 Å². The Balaban J connectivity index is 1.91. The summed E-state index contributed by atoms with van der Waals surface area (Å²) in [5, 5.41) is 0. The molecule has 1 aromatic heterocycles. The summed E-state index contributed by atoms with van der Waals surface area (Å²) >= 11 is 0. The highest BCUT2D eigenvalue weighted by Gasteiger charge is 2.29. The largest absolute Gasteiger partial charge is 0.313 e. The molecule has 1 N–H and O–H groups in total. The van der Waals surface area contributed by atoms with Crippen LogP contribution in [0.3, 0.4) is 0 Å². The zero-order valence-electron chi connectivity index (χ0n) is 11.8. The second-order valence-corrected chi connectivity index (χ2v) is 5.47. The molecule has 1 aromatic carbocycles. The number of aromatic amines is 1. The van der Waals surface area contributed by atoms with E-state index in [1.54, 1.807) is 0 Å². The molecule has 0 radical (unpaired) electrons. The molecule has 0 spiro atoms. The molecular weight excluding hydrogens is 250 g/mol. The third kappa shape index (κ3) is 2.27. The van der Waals surface area contributed by atoms with Gasteiger partial charge in [0.05, 0.1) is 12.0 Å². The first-order chi connectivity index (χ1) is 9.66. The zero-order valence-corrected chi connectivity index (χ0v) is 11.8. The van der Waals surface area contributed by atoms with Crippen molar-refractivity contribution in [3.63, 3.8) is 0 Å². The lowest BCUT2D eigenvalue weighted by molar-refractivity contribution is 0.128. The Morgan fingerprint density at radius 2 is 2.10 bits per heavy atom. The van der Waals surface area contributed by atoms with E-state index >= 15 is 0 Å². The van der Waals surface area contributed by atoms with Crippen LogP contribution < -0.4 is 5.56 Å². The molecule has 0 saturated carbocycles. The summed E-state index contributed by atoms with van der Waals surface area (Å²) in [7, 11) is 0. The van der Waals surface area contributed by atoms with Gasteiger partial charge in [0, 0.05) is 24.2 Å². The van der Waals surface area contributed by atoms with Gasteiger partial charge in [0.1, 0.15) is 0 Å². The number of fused-ring (bicyclic) bond motifs is 1. The molecule has 2 atom stereocenters. The maximum atomic E-state index is 11.8. The molecule has 0 aliphatic carbocycles. The minimum atomic E-state index is 0.00821. The van der Waals surface area contributed by atoms with E-state index in [2.05, 4.69) is 53.0 Å². The van der Waals surface area contributed by atoms with Crippen molar-refractivity contribution in [3.05, 3.63) is 63.8 Å². The second-order valence-electron chi connectivity index (χ2n) is 5.47. The first kappa shape index (κ1) is 13.1. The average Bonchev–Trinajstić information content (AvgIpc) is 2.48. The third-order valence-corrected chi connectivity index (χ3v) is 4.22. The first-order valence-electron chi connectivity index (χ1n) is 7.03. The van der Waals surface area contributed by atoms with Gasteiger partial charge in [0.15, 0.2) is 0 Å². The molecule has 3 rings (SSSR count). The van der Waals surface area contributed by atoms with Gasteiger partial charge in [-0.15, -0.1) is 0 Å². The first-order valence-corrected chi connectivity index (χ1v) is 7.03. The lowest BCUT2D eigenvalue weighted by Gasteiger charge is -2.38. The number of aromatic nitrogens is 2. The predicted molar refractivity (Wildman–Crippen MR) is 78.4 cm³/mol. The van der Waals surface area contributed by atoms with E-state index in [4.69, 9.17) is 0 Å². The standard InChI is InChI=1S/C16H19N3O/c1-11-8-14-15(17-10-18-16(14)20)9-19(11)12(2)13-6-4-3-5-7-13/h3-7,10-12H,8-9H2,1-2H3,(H,17,18,20)/t11-,12+/m1/s1. The van der Waals surface area contributed by atoms with Gasteiger partial charge in [-0.1, -0.05) is 30.3 Å². The average molecular weight is 269 g/mol. The molecule has 2 heterocycles. The van der Waals surface area contributed by atoms with Crippen molar-refractivity contribution in [1.29, 1.82) is 0 Å². The van der Waals surface area contributed by atoms with Crippen LogP contribution in [0.15, 0.2) is 41.5 Å². The second kappa shape index (κ2) is 5.21. The van der Waals surface area contributed by atoms with Crippen LogP contribution in [0.1, 0.15) is 36.7 Å². The van der Waals surface area contributed by atoms with Crippen molar-refractivity contribution in [1.82, 2.24) is 14.9 Å². The molecule has 0 fully saturated rings. The Morgan fingerprint density at radius 3 is 2.85 bits per heavy atom. The van der Waals surface area contributed by atoms with Gasteiger partial charge in [0.2, 0.25) is 0 Å². The Morgan fingerprint density at radius 1 is 1.35 bits per heavy atom. The molecule has 2 aromatic rings. The van der Waals surface area contributed by atoms with Gasteiger partial charge in [-0.3, -0.25) is 9.69 Å². The third-order valence-electron chi connectivity index (χ3n) is 4.22. The fourth-order valence-electron chi connectivity index (χ4n) is 2.99. The van der Waals surface area contributed by atoms with Gasteiger partial charge >= 0.3 is 0 Å². The van der Waals surface area contributed by atoms with Gasteiger partial charge in [0.25, 0.3) is 5.56 Å². The summed E-state index contributed by atoms with van der Waals surface area (Å²) in [5.74, 6) is 0. The molecule has 1 aliphatic rings. The number of benzene rings is 1. The smallest absolute Gasteiger partial charge is 0.254 e. The van der Waals surface area contributed by atoms with E-state index < -0.39 is 0 Å². The number of H-pyrrole nitrogens is 1. The molecule has 0 saturated heterocycles. The fourth-order valence-corrected chi connectivity index (χ4v) is 2.99. The van der Waals surface area contributed by atoms with Crippen LogP contribution in [-0.4, -0.2) is 20.9 Å². The predicted octanol–water partition coefficient (Wildman–Crippen LogP) is 2.28. The van der Waals surface area contributed by atoms with Crippen molar-refractivity contribution in [2.24, 2.45) is 0 Å². The van der Waals surface area contributed by atoms with Gasteiger partial charge < -0.3 is 4.98 Å². The number of rotatable bonds is 2. The van der Waals surface area contributed by atoms with E-state index in [0.29, 0.717) is 12.1 Å². The molecular formula is C16H19N3O. The number of nitrogens with zero attached hydrogens (tertiary/aromatic N) is 2. The summed E-state index contributed by atoms with van der Waals surface area (Å²) in [4.78, 5) is 21.3. The van der Waals surface area contributed by atoms with Crippen molar-refractivity contribution in [2.45, 2.75) is 38.9 Å². The lowest BCUT2D eigenvalue weighted by atomic mass is 9.96. The molecule has 4 nitrogen and oxygen atoms in total. The Bertz CT molecular complexity index is 650. The van der Waals surface area contributed by atoms with E-state index in [-0.39, 0.29) is 5.56 Å². The van der Waals surface area contributed by atoms with Crippen LogP contribution in [0.2, 0.25) is 0 Å². The molecule has 4 heteroatoms. The Kier molecular flexibility index (Phi) is 3.40. The van der Waals surface area contributed by atoms with Gasteiger partial charge in [-0.2, -0.15) is 0 Å². The molecule has 0 bridgehead atoms. The van der Waals surface area contributed by atoms with Crippen LogP contribution in [0, 0.1) is 0 Å². The summed E-state index contributed by atoms with van der Waals surface area (Å²) in [5.41, 5.74) is 3.06. The zero-order chi connectivity index (χ0) is 14.1. The normalized spacial score (nSPS) is 20.4. The highest BCUT2D eigenvalue weighted by atomic mass is 16.1. The molecule has 1 aliphatic heterocycles. The summed E-state index contributed by atoms with van der Waals surface area (Å²) in [6.07, 6.45) is 2.26. The quantitative estimate of drug-likeness (QED) is 0.910. The van der Waals surface area contributed by atoms with Crippen molar-refractivity contribution in [3.8, 4) is 0 Å². The van der Waals surface area contributed by atoms with E-state index in [0.717, 1.165) is 24.2 Å². The lowest BCUT2D eigenvalue weighted by Crippen LogP contribution is -2.42. The molecule has 20 heavy (non-hydrogen) atoms.